The van der Waals surface area contributed by atoms with Gasteiger partial charge in [-0.25, -0.2) is 0 Å². The summed E-state index contributed by atoms with van der Waals surface area (Å²) in [6.45, 7) is 0. The minimum absolute atomic E-state index is 0.0649. The molecule has 0 N–H and O–H groups in total. The van der Waals surface area contributed by atoms with Crippen LogP contribution in [0, 0.1) is 0 Å². The van der Waals surface area contributed by atoms with Crippen LogP contribution in [0.3, 0.4) is 0 Å². The summed E-state index contributed by atoms with van der Waals surface area (Å²) >= 11 is 12.2. The number of hydrogen-bond donors (Lipinski definition) is 0. The van der Waals surface area contributed by atoms with Crippen molar-refractivity contribution in [3.8, 4) is 0 Å². The number of ketones is 1. The monoisotopic (exact) mass is 304 g/mol. The van der Waals surface area contributed by atoms with Crippen molar-refractivity contribution in [3.63, 3.8) is 0 Å². The fourth-order valence-corrected chi connectivity index (χ4v) is 2.68. The van der Waals surface area contributed by atoms with Crippen molar-refractivity contribution in [2.75, 3.05) is 0 Å². The highest BCUT2D eigenvalue weighted by Crippen LogP contribution is 2.28. The SMILES string of the molecule is O=C(Cc1c(Cl)cccc1Cl)c1coc2ccccc12. The van der Waals surface area contributed by atoms with Crippen molar-refractivity contribution >= 4 is 40.0 Å². The molecule has 0 amide bonds. The van der Waals surface area contributed by atoms with Gasteiger partial charge in [0.15, 0.2) is 5.78 Å². The van der Waals surface area contributed by atoms with Crippen LogP contribution in [0.1, 0.15) is 15.9 Å². The van der Waals surface area contributed by atoms with Crippen LogP contribution in [0.5, 0.6) is 0 Å². The predicted molar refractivity (Wildman–Crippen MR) is 80.7 cm³/mol. The molecule has 1 heterocycles. The molecule has 2 nitrogen and oxygen atoms in total. The van der Waals surface area contributed by atoms with Gasteiger partial charge < -0.3 is 4.42 Å². The molecule has 0 unspecified atom stereocenters. The maximum Gasteiger partial charge on any atom is 0.171 e. The first-order valence-electron chi connectivity index (χ1n) is 6.09. The third-order valence-electron chi connectivity index (χ3n) is 3.18. The van der Waals surface area contributed by atoms with Crippen LogP contribution in [-0.4, -0.2) is 5.78 Å². The highest BCUT2D eigenvalue weighted by atomic mass is 35.5. The van der Waals surface area contributed by atoms with Crippen LogP contribution in [0.15, 0.2) is 53.1 Å². The molecule has 3 rings (SSSR count). The number of hydrogen-bond acceptors (Lipinski definition) is 2. The number of Topliss-reactive ketones (excluding diaryl/α,β-unsaturated/α-hetero) is 1. The summed E-state index contributed by atoms with van der Waals surface area (Å²) in [5.74, 6) is -0.0649. The lowest BCUT2D eigenvalue weighted by molar-refractivity contribution is 0.0993. The molecule has 0 fully saturated rings. The van der Waals surface area contributed by atoms with E-state index in [2.05, 4.69) is 0 Å². The van der Waals surface area contributed by atoms with Gasteiger partial charge in [0, 0.05) is 21.9 Å². The van der Waals surface area contributed by atoms with Crippen LogP contribution in [-0.2, 0) is 6.42 Å². The second-order valence-electron chi connectivity index (χ2n) is 4.45. The van der Waals surface area contributed by atoms with Crippen molar-refractivity contribution in [2.24, 2.45) is 0 Å². The molecule has 100 valence electrons. The number of fused-ring (bicyclic) bond motifs is 1. The van der Waals surface area contributed by atoms with Gasteiger partial charge in [0.25, 0.3) is 0 Å². The van der Waals surface area contributed by atoms with E-state index < -0.39 is 0 Å². The summed E-state index contributed by atoms with van der Waals surface area (Å²) in [4.78, 5) is 12.4. The fraction of sp³-hybridized carbons (Fsp3) is 0.0625. The molecule has 0 aliphatic rings. The maximum atomic E-state index is 12.4. The van der Waals surface area contributed by atoms with Crippen molar-refractivity contribution in [1.82, 2.24) is 0 Å². The molecule has 0 aliphatic carbocycles. The molecule has 0 atom stereocenters. The smallest absolute Gasteiger partial charge is 0.171 e. The molecule has 0 aliphatic heterocycles. The van der Waals surface area contributed by atoms with E-state index in [1.54, 1.807) is 18.2 Å². The minimum atomic E-state index is -0.0649. The number of carbonyl (C=O) groups is 1. The van der Waals surface area contributed by atoms with E-state index in [1.165, 1.54) is 6.26 Å². The number of benzene rings is 2. The third-order valence-corrected chi connectivity index (χ3v) is 3.89. The lowest BCUT2D eigenvalue weighted by Crippen LogP contribution is -2.03. The van der Waals surface area contributed by atoms with Crippen LogP contribution in [0.2, 0.25) is 10.0 Å². The van der Waals surface area contributed by atoms with Gasteiger partial charge in [0.2, 0.25) is 0 Å². The summed E-state index contributed by atoms with van der Waals surface area (Å²) in [6, 6.07) is 12.6. The van der Waals surface area contributed by atoms with Gasteiger partial charge in [-0.3, -0.25) is 4.79 Å². The molecular weight excluding hydrogens is 295 g/mol. The van der Waals surface area contributed by atoms with Crippen molar-refractivity contribution in [1.29, 1.82) is 0 Å². The van der Waals surface area contributed by atoms with Gasteiger partial charge in [-0.05, 0) is 23.8 Å². The largest absolute Gasteiger partial charge is 0.464 e. The van der Waals surface area contributed by atoms with Gasteiger partial charge >= 0.3 is 0 Å². The summed E-state index contributed by atoms with van der Waals surface area (Å²) in [6.07, 6.45) is 1.64. The van der Waals surface area contributed by atoms with Gasteiger partial charge in [-0.1, -0.05) is 47.5 Å². The van der Waals surface area contributed by atoms with Crippen molar-refractivity contribution < 1.29 is 9.21 Å². The number of halogens is 2. The highest BCUT2D eigenvalue weighted by molar-refractivity contribution is 6.36. The minimum Gasteiger partial charge on any atom is -0.464 e. The van der Waals surface area contributed by atoms with Crippen molar-refractivity contribution in [2.45, 2.75) is 6.42 Å². The van der Waals surface area contributed by atoms with Crippen LogP contribution in [0.25, 0.3) is 11.0 Å². The summed E-state index contributed by atoms with van der Waals surface area (Å²) < 4.78 is 5.38. The van der Waals surface area contributed by atoms with E-state index >= 15 is 0 Å². The van der Waals surface area contributed by atoms with E-state index in [0.29, 0.717) is 26.8 Å². The van der Waals surface area contributed by atoms with Gasteiger partial charge in [0.1, 0.15) is 11.8 Å². The first-order chi connectivity index (χ1) is 9.66. The van der Waals surface area contributed by atoms with Crippen LogP contribution in [0.4, 0.5) is 0 Å². The molecule has 0 radical (unpaired) electrons. The average Bonchev–Trinajstić information content (AvgIpc) is 2.87. The topological polar surface area (TPSA) is 30.2 Å². The predicted octanol–water partition coefficient (Wildman–Crippen LogP) is 5.17. The lowest BCUT2D eigenvalue weighted by Gasteiger charge is -2.05. The Balaban J connectivity index is 1.98. The Morgan fingerprint density at radius 3 is 2.45 bits per heavy atom. The van der Waals surface area contributed by atoms with Gasteiger partial charge in [-0.2, -0.15) is 0 Å². The average molecular weight is 305 g/mol. The number of rotatable bonds is 3. The molecule has 0 spiro atoms. The number of furan rings is 1. The second-order valence-corrected chi connectivity index (χ2v) is 5.26. The van der Waals surface area contributed by atoms with Gasteiger partial charge in [-0.15, -0.1) is 0 Å². The molecule has 0 saturated carbocycles. The molecule has 20 heavy (non-hydrogen) atoms. The molecule has 3 aromatic rings. The quantitative estimate of drug-likeness (QED) is 0.625. The Hall–Kier alpha value is -1.77. The second kappa shape index (κ2) is 5.31. The van der Waals surface area contributed by atoms with E-state index in [0.717, 1.165) is 5.39 Å². The normalized spacial score (nSPS) is 10.9. The lowest BCUT2D eigenvalue weighted by atomic mass is 10.0. The van der Waals surface area contributed by atoms with Crippen LogP contribution < -0.4 is 0 Å². The Labute approximate surface area is 125 Å². The number of para-hydroxylation sites is 1. The van der Waals surface area contributed by atoms with E-state index in [-0.39, 0.29) is 12.2 Å². The fourth-order valence-electron chi connectivity index (χ4n) is 2.15. The Morgan fingerprint density at radius 1 is 1.00 bits per heavy atom. The van der Waals surface area contributed by atoms with E-state index in [4.69, 9.17) is 27.6 Å². The Bertz CT molecular complexity index is 770. The third kappa shape index (κ3) is 2.33. The zero-order valence-electron chi connectivity index (χ0n) is 10.4. The standard InChI is InChI=1S/C16H10Cl2O2/c17-13-5-3-6-14(18)11(13)8-15(19)12-9-20-16-7-2-1-4-10(12)16/h1-7,9H,8H2. The molecule has 0 bridgehead atoms. The summed E-state index contributed by atoms with van der Waals surface area (Å²) in [7, 11) is 0. The molecule has 4 heteroatoms. The Morgan fingerprint density at radius 2 is 1.70 bits per heavy atom. The summed E-state index contributed by atoms with van der Waals surface area (Å²) in [5.41, 5.74) is 1.89. The maximum absolute atomic E-state index is 12.4. The van der Waals surface area contributed by atoms with Crippen LogP contribution >= 0.6 is 23.2 Å². The van der Waals surface area contributed by atoms with E-state index in [9.17, 15) is 4.79 Å². The van der Waals surface area contributed by atoms with Gasteiger partial charge in [0.05, 0.1) is 5.56 Å². The molecule has 1 aromatic heterocycles. The van der Waals surface area contributed by atoms with E-state index in [1.807, 2.05) is 24.3 Å². The number of carbonyl (C=O) groups excluding carboxylic acids is 1. The highest BCUT2D eigenvalue weighted by Gasteiger charge is 2.16. The summed E-state index contributed by atoms with van der Waals surface area (Å²) in [5, 5.41) is 1.80. The first kappa shape index (κ1) is 13.2. The zero-order valence-corrected chi connectivity index (χ0v) is 11.9. The molecular formula is C16H10Cl2O2. The Kier molecular flexibility index (Phi) is 3.51. The zero-order chi connectivity index (χ0) is 14.1. The molecule has 2 aromatic carbocycles. The molecule has 0 saturated heterocycles. The van der Waals surface area contributed by atoms with Crippen molar-refractivity contribution in [3.05, 3.63) is 69.9 Å². The first-order valence-corrected chi connectivity index (χ1v) is 6.84.